The van der Waals surface area contributed by atoms with Crippen LogP contribution in [0.3, 0.4) is 0 Å². The van der Waals surface area contributed by atoms with E-state index in [1.165, 1.54) is 0 Å². The minimum Gasteiger partial charge on any atom is -0.368 e. The highest BCUT2D eigenvalue weighted by atomic mass is 35.5. The molecule has 4 N–H and O–H groups in total. The predicted molar refractivity (Wildman–Crippen MR) is 54.2 cm³/mol. The summed E-state index contributed by atoms with van der Waals surface area (Å²) < 4.78 is 0. The number of carbonyl (C=O) groups is 1. The number of hydroxylamine groups is 1. The first kappa shape index (κ1) is 12.2. The van der Waals surface area contributed by atoms with Gasteiger partial charge in [-0.15, -0.1) is 12.4 Å². The third-order valence-electron chi connectivity index (χ3n) is 1.26. The Morgan fingerprint density at radius 2 is 1.93 bits per heavy atom. The van der Waals surface area contributed by atoms with Gasteiger partial charge in [-0.3, -0.25) is 5.41 Å². The summed E-state index contributed by atoms with van der Waals surface area (Å²) in [5.41, 5.74) is 7.27. The van der Waals surface area contributed by atoms with Crippen molar-refractivity contribution in [2.45, 2.75) is 0 Å². The van der Waals surface area contributed by atoms with E-state index in [2.05, 4.69) is 4.84 Å². The summed E-state index contributed by atoms with van der Waals surface area (Å²) in [5, 5.41) is 6.74. The lowest BCUT2D eigenvalue weighted by Gasteiger charge is -2.03. The molecule has 0 atom stereocenters. The first-order valence-corrected chi connectivity index (χ1v) is 3.56. The van der Waals surface area contributed by atoms with Crippen LogP contribution < -0.4 is 11.2 Å². The summed E-state index contributed by atoms with van der Waals surface area (Å²) in [6.07, 6.45) is 0. The largest absolute Gasteiger partial charge is 0.368 e. The number of nitrogens with one attached hydrogen (secondary N) is 2. The number of hydrogen-bond acceptors (Lipinski definition) is 3. The van der Waals surface area contributed by atoms with E-state index in [9.17, 15) is 4.79 Å². The van der Waals surface area contributed by atoms with Crippen molar-refractivity contribution in [3.05, 3.63) is 35.9 Å². The Morgan fingerprint density at radius 1 is 1.36 bits per heavy atom. The second-order valence-electron chi connectivity index (χ2n) is 2.27. The van der Waals surface area contributed by atoms with Gasteiger partial charge >= 0.3 is 5.97 Å². The van der Waals surface area contributed by atoms with Gasteiger partial charge in [0.1, 0.15) is 0 Å². The molecule has 0 radical (unpaired) electrons. The van der Waals surface area contributed by atoms with Gasteiger partial charge in [0.05, 0.1) is 5.56 Å². The van der Waals surface area contributed by atoms with Crippen molar-refractivity contribution in [2.24, 2.45) is 5.73 Å². The summed E-state index contributed by atoms with van der Waals surface area (Å²) in [6, 6.07) is 8.41. The number of hydrogen-bond donors (Lipinski definition) is 3. The number of halogens is 1. The van der Waals surface area contributed by atoms with Crippen molar-refractivity contribution in [1.82, 2.24) is 5.48 Å². The summed E-state index contributed by atoms with van der Waals surface area (Å²) in [6.45, 7) is 0. The van der Waals surface area contributed by atoms with E-state index >= 15 is 0 Å². The van der Waals surface area contributed by atoms with E-state index in [0.717, 1.165) is 0 Å². The van der Waals surface area contributed by atoms with E-state index in [1.54, 1.807) is 30.3 Å². The highest BCUT2D eigenvalue weighted by Gasteiger charge is 2.05. The van der Waals surface area contributed by atoms with Crippen molar-refractivity contribution in [2.75, 3.05) is 0 Å². The minimum atomic E-state index is -0.573. The van der Waals surface area contributed by atoms with Crippen LogP contribution in [0.1, 0.15) is 10.4 Å². The zero-order valence-electron chi connectivity index (χ0n) is 7.19. The SMILES string of the molecule is Cl.N=C(N)NOC(=O)c1ccccc1. The third kappa shape index (κ3) is 3.77. The summed E-state index contributed by atoms with van der Waals surface area (Å²) in [7, 11) is 0. The highest BCUT2D eigenvalue weighted by molar-refractivity contribution is 5.90. The van der Waals surface area contributed by atoms with Gasteiger partial charge in [0.25, 0.3) is 0 Å². The maximum absolute atomic E-state index is 11.1. The van der Waals surface area contributed by atoms with Crippen molar-refractivity contribution in [3.8, 4) is 0 Å². The summed E-state index contributed by atoms with van der Waals surface area (Å²) in [4.78, 5) is 15.6. The molecule has 0 saturated heterocycles. The topological polar surface area (TPSA) is 88.2 Å². The molecule has 0 saturated carbocycles. The van der Waals surface area contributed by atoms with Gasteiger partial charge in [0, 0.05) is 0 Å². The molecule has 0 bridgehead atoms. The lowest BCUT2D eigenvalue weighted by molar-refractivity contribution is 0.0382. The fourth-order valence-corrected chi connectivity index (χ4v) is 0.734. The lowest BCUT2D eigenvalue weighted by Crippen LogP contribution is -2.32. The lowest BCUT2D eigenvalue weighted by atomic mass is 10.2. The smallest absolute Gasteiger partial charge is 0.362 e. The quantitative estimate of drug-likeness (QED) is 0.365. The molecule has 5 nitrogen and oxygen atoms in total. The Morgan fingerprint density at radius 3 is 2.43 bits per heavy atom. The van der Waals surface area contributed by atoms with Crippen LogP contribution >= 0.6 is 12.4 Å². The molecular formula is C8H10ClN3O2. The molecule has 6 heteroatoms. The Bertz CT molecular complexity index is 316. The maximum atomic E-state index is 11.1. The van der Waals surface area contributed by atoms with E-state index in [-0.39, 0.29) is 12.4 Å². The third-order valence-corrected chi connectivity index (χ3v) is 1.26. The summed E-state index contributed by atoms with van der Waals surface area (Å²) >= 11 is 0. The van der Waals surface area contributed by atoms with Crippen molar-refractivity contribution >= 4 is 24.3 Å². The monoisotopic (exact) mass is 215 g/mol. The van der Waals surface area contributed by atoms with Gasteiger partial charge in [-0.25, -0.2) is 4.79 Å². The molecule has 0 aliphatic rings. The Balaban J connectivity index is 0.00000169. The van der Waals surface area contributed by atoms with Crippen LogP contribution in [0, 0.1) is 5.41 Å². The zero-order valence-corrected chi connectivity index (χ0v) is 8.01. The molecule has 0 aromatic heterocycles. The van der Waals surface area contributed by atoms with Crippen LogP contribution in [0.25, 0.3) is 0 Å². The molecule has 0 unspecified atom stereocenters. The molecule has 0 amide bonds. The van der Waals surface area contributed by atoms with Crippen LogP contribution in [-0.4, -0.2) is 11.9 Å². The van der Waals surface area contributed by atoms with Crippen molar-refractivity contribution in [3.63, 3.8) is 0 Å². The van der Waals surface area contributed by atoms with Crippen LogP contribution in [0.4, 0.5) is 0 Å². The second kappa shape index (κ2) is 5.82. The number of benzene rings is 1. The Hall–Kier alpha value is -1.75. The number of rotatable bonds is 1. The Kier molecular flexibility index (Phi) is 5.09. The van der Waals surface area contributed by atoms with E-state index in [0.29, 0.717) is 5.56 Å². The van der Waals surface area contributed by atoms with Gasteiger partial charge in [0.15, 0.2) is 0 Å². The predicted octanol–water partition coefficient (Wildman–Crippen LogP) is 0.663. The van der Waals surface area contributed by atoms with Crippen molar-refractivity contribution < 1.29 is 9.63 Å². The van der Waals surface area contributed by atoms with Gasteiger partial charge < -0.3 is 10.6 Å². The van der Waals surface area contributed by atoms with Crippen LogP contribution in [0.2, 0.25) is 0 Å². The normalized spacial score (nSPS) is 8.29. The molecule has 0 spiro atoms. The van der Waals surface area contributed by atoms with Crippen molar-refractivity contribution in [1.29, 1.82) is 5.41 Å². The molecule has 1 aromatic rings. The Labute approximate surface area is 87.1 Å². The molecule has 1 aromatic carbocycles. The molecule has 1 rings (SSSR count). The van der Waals surface area contributed by atoms with Crippen LogP contribution in [0.15, 0.2) is 30.3 Å². The van der Waals surface area contributed by atoms with Gasteiger partial charge in [-0.05, 0) is 12.1 Å². The average Bonchev–Trinajstić information content (AvgIpc) is 2.15. The minimum absolute atomic E-state index is 0. The first-order valence-electron chi connectivity index (χ1n) is 3.56. The second-order valence-corrected chi connectivity index (χ2v) is 2.27. The molecule has 0 aliphatic carbocycles. The highest BCUT2D eigenvalue weighted by Crippen LogP contribution is 1.99. The zero-order chi connectivity index (χ0) is 9.68. The molecule has 14 heavy (non-hydrogen) atoms. The van der Waals surface area contributed by atoms with Gasteiger partial charge in [-0.2, -0.15) is 5.48 Å². The fraction of sp³-hybridized carbons (Fsp3) is 0. The number of guanidine groups is 1. The van der Waals surface area contributed by atoms with Gasteiger partial charge in [0.2, 0.25) is 5.96 Å². The fourth-order valence-electron chi connectivity index (χ4n) is 0.734. The van der Waals surface area contributed by atoms with E-state index in [4.69, 9.17) is 11.1 Å². The maximum Gasteiger partial charge on any atom is 0.362 e. The average molecular weight is 216 g/mol. The van der Waals surface area contributed by atoms with Crippen LogP contribution in [0.5, 0.6) is 0 Å². The molecular weight excluding hydrogens is 206 g/mol. The summed E-state index contributed by atoms with van der Waals surface area (Å²) in [5.74, 6) is -0.986. The molecule has 76 valence electrons. The molecule has 0 aliphatic heterocycles. The molecule has 0 heterocycles. The van der Waals surface area contributed by atoms with Gasteiger partial charge in [-0.1, -0.05) is 18.2 Å². The molecule has 0 fully saturated rings. The van der Waals surface area contributed by atoms with Crippen LogP contribution in [-0.2, 0) is 4.84 Å². The van der Waals surface area contributed by atoms with E-state index in [1.807, 2.05) is 5.48 Å². The first-order chi connectivity index (χ1) is 6.20. The van der Waals surface area contributed by atoms with E-state index < -0.39 is 11.9 Å². The number of carbonyl (C=O) groups excluding carboxylic acids is 1. The number of nitrogens with two attached hydrogens (primary N) is 1. The standard InChI is InChI=1S/C8H9N3O2.ClH/c9-8(10)11-13-7(12)6-4-2-1-3-5-6;/h1-5H,(H4,9,10,11);1H.